The average molecular weight is 332 g/mol. The van der Waals surface area contributed by atoms with Gasteiger partial charge in [-0.25, -0.2) is 4.79 Å². The summed E-state index contributed by atoms with van der Waals surface area (Å²) < 4.78 is 1.06. The van der Waals surface area contributed by atoms with Crippen LogP contribution in [0.3, 0.4) is 0 Å². The smallest absolute Gasteiger partial charge is 0.324 e. The zero-order valence-corrected chi connectivity index (χ0v) is 12.4. The summed E-state index contributed by atoms with van der Waals surface area (Å²) in [6.45, 7) is 1.97. The second-order valence-electron chi connectivity index (χ2n) is 4.18. The molecule has 5 nitrogen and oxygen atoms in total. The lowest BCUT2D eigenvalue weighted by molar-refractivity contribution is -0.128. The number of hydrogen-bond acceptors (Lipinski definition) is 4. The number of hydrogen-bond donors (Lipinski definition) is 1. The summed E-state index contributed by atoms with van der Waals surface area (Å²) in [7, 11) is 1.87. The van der Waals surface area contributed by atoms with E-state index in [1.54, 1.807) is 11.3 Å². The van der Waals surface area contributed by atoms with Gasteiger partial charge in [-0.1, -0.05) is 0 Å². The van der Waals surface area contributed by atoms with E-state index in [1.807, 2.05) is 23.4 Å². The van der Waals surface area contributed by atoms with Gasteiger partial charge in [-0.05, 0) is 29.0 Å². The van der Waals surface area contributed by atoms with Crippen molar-refractivity contribution in [1.29, 1.82) is 0 Å². The molecular weight excluding hydrogens is 318 g/mol. The van der Waals surface area contributed by atoms with Crippen LogP contribution in [0.15, 0.2) is 15.9 Å². The van der Waals surface area contributed by atoms with Crippen molar-refractivity contribution in [3.05, 3.63) is 20.8 Å². The number of urea groups is 1. The minimum atomic E-state index is -0.285. The normalized spacial score (nSPS) is 15.3. The summed E-state index contributed by atoms with van der Waals surface area (Å²) in [5.41, 5.74) is 0. The second kappa shape index (κ2) is 5.81. The number of imide groups is 1. The van der Waals surface area contributed by atoms with Crippen LogP contribution in [0.1, 0.15) is 4.88 Å². The van der Waals surface area contributed by atoms with Gasteiger partial charge in [-0.3, -0.25) is 14.6 Å². The van der Waals surface area contributed by atoms with Crippen LogP contribution in [0.25, 0.3) is 0 Å². The highest BCUT2D eigenvalue weighted by atomic mass is 79.9. The Hall–Kier alpha value is -0.920. The zero-order valence-electron chi connectivity index (χ0n) is 9.98. The molecule has 0 saturated carbocycles. The van der Waals surface area contributed by atoms with Gasteiger partial charge in [0, 0.05) is 34.4 Å². The highest BCUT2D eigenvalue weighted by molar-refractivity contribution is 9.10. The summed E-state index contributed by atoms with van der Waals surface area (Å²) >= 11 is 5.04. The van der Waals surface area contributed by atoms with Crippen LogP contribution < -0.4 is 5.32 Å². The van der Waals surface area contributed by atoms with Crippen LogP contribution in [0.4, 0.5) is 4.79 Å². The molecule has 98 valence electrons. The molecule has 1 aromatic rings. The van der Waals surface area contributed by atoms with Gasteiger partial charge in [0.2, 0.25) is 5.91 Å². The van der Waals surface area contributed by atoms with E-state index >= 15 is 0 Å². The van der Waals surface area contributed by atoms with Crippen LogP contribution in [0.2, 0.25) is 0 Å². The highest BCUT2D eigenvalue weighted by Gasteiger charge is 2.26. The van der Waals surface area contributed by atoms with E-state index in [0.717, 1.165) is 4.47 Å². The van der Waals surface area contributed by atoms with Gasteiger partial charge in [0.1, 0.15) is 0 Å². The Labute approximate surface area is 118 Å². The summed E-state index contributed by atoms with van der Waals surface area (Å²) in [6.07, 6.45) is 0. The van der Waals surface area contributed by atoms with Crippen LogP contribution >= 0.6 is 27.3 Å². The number of likely N-dealkylation sites (N-methyl/N-ethyl adjacent to an activating group) is 1. The molecule has 0 atom stereocenters. The molecule has 18 heavy (non-hydrogen) atoms. The molecule has 7 heteroatoms. The largest absolute Gasteiger partial charge is 0.336 e. The molecule has 1 aliphatic rings. The topological polar surface area (TPSA) is 52.7 Å². The van der Waals surface area contributed by atoms with Gasteiger partial charge >= 0.3 is 6.03 Å². The van der Waals surface area contributed by atoms with Gasteiger partial charge in [0.25, 0.3) is 0 Å². The number of nitrogens with one attached hydrogen (secondary N) is 1. The lowest BCUT2D eigenvalue weighted by Gasteiger charge is -2.18. The SMILES string of the molecule is CN(CC(=O)N1CCNC1=O)Cc1cc(Br)cs1. The third-order valence-electron chi connectivity index (χ3n) is 2.61. The van der Waals surface area contributed by atoms with E-state index < -0.39 is 0 Å². The molecule has 3 amide bonds. The van der Waals surface area contributed by atoms with Crippen LogP contribution in [-0.2, 0) is 11.3 Å². The molecule has 0 spiro atoms. The minimum Gasteiger partial charge on any atom is -0.336 e. The van der Waals surface area contributed by atoms with Gasteiger partial charge in [-0.2, -0.15) is 0 Å². The Morgan fingerprint density at radius 1 is 1.67 bits per heavy atom. The molecule has 2 rings (SSSR count). The number of thiophene rings is 1. The second-order valence-corrected chi connectivity index (χ2v) is 6.09. The lowest BCUT2D eigenvalue weighted by atomic mass is 10.4. The van der Waals surface area contributed by atoms with Crippen molar-refractivity contribution in [1.82, 2.24) is 15.1 Å². The van der Waals surface area contributed by atoms with Crippen molar-refractivity contribution in [3.8, 4) is 0 Å². The molecule has 1 N–H and O–H groups in total. The third-order valence-corrected chi connectivity index (χ3v) is 4.29. The summed E-state index contributed by atoms with van der Waals surface area (Å²) in [5, 5.41) is 4.63. The first kappa shape index (κ1) is 13.5. The maximum atomic E-state index is 11.9. The van der Waals surface area contributed by atoms with E-state index in [2.05, 4.69) is 21.2 Å². The van der Waals surface area contributed by atoms with E-state index in [-0.39, 0.29) is 18.5 Å². The number of nitrogens with zero attached hydrogens (tertiary/aromatic N) is 2. The Morgan fingerprint density at radius 3 is 3.00 bits per heavy atom. The molecule has 1 saturated heterocycles. The Kier molecular flexibility index (Phi) is 4.36. The first-order valence-corrected chi connectivity index (χ1v) is 7.23. The molecular formula is C11H14BrN3O2S. The Bertz CT molecular complexity index is 463. The average Bonchev–Trinajstić information content (AvgIpc) is 2.87. The van der Waals surface area contributed by atoms with Crippen LogP contribution in [0.5, 0.6) is 0 Å². The Balaban J connectivity index is 1.85. The van der Waals surface area contributed by atoms with Gasteiger partial charge in [-0.15, -0.1) is 11.3 Å². The van der Waals surface area contributed by atoms with Crippen molar-refractivity contribution in [2.75, 3.05) is 26.7 Å². The molecule has 2 heterocycles. The molecule has 0 aliphatic carbocycles. The summed E-state index contributed by atoms with van der Waals surface area (Å²) in [6, 6.07) is 1.75. The van der Waals surface area contributed by atoms with Crippen molar-refractivity contribution in [3.63, 3.8) is 0 Å². The fourth-order valence-electron chi connectivity index (χ4n) is 1.78. The van der Waals surface area contributed by atoms with Gasteiger partial charge in [0.05, 0.1) is 6.54 Å². The minimum absolute atomic E-state index is 0.150. The van der Waals surface area contributed by atoms with Crippen molar-refractivity contribution in [2.24, 2.45) is 0 Å². The summed E-state index contributed by atoms with van der Waals surface area (Å²) in [5.74, 6) is -0.150. The fourth-order valence-corrected chi connectivity index (χ4v) is 3.31. The van der Waals surface area contributed by atoms with E-state index in [9.17, 15) is 9.59 Å². The van der Waals surface area contributed by atoms with Gasteiger partial charge in [0.15, 0.2) is 0 Å². The standard InChI is InChI=1S/C11H14BrN3O2S/c1-14(5-9-4-8(12)7-18-9)6-10(16)15-3-2-13-11(15)17/h4,7H,2-3,5-6H2,1H3,(H,13,17). The molecule has 0 unspecified atom stereocenters. The number of carbonyl (C=O) groups excluding carboxylic acids is 2. The van der Waals surface area contributed by atoms with Gasteiger partial charge < -0.3 is 5.32 Å². The van der Waals surface area contributed by atoms with E-state index in [4.69, 9.17) is 0 Å². The predicted molar refractivity (Wildman–Crippen MR) is 73.5 cm³/mol. The monoisotopic (exact) mass is 331 g/mol. The van der Waals surface area contributed by atoms with E-state index in [0.29, 0.717) is 19.6 Å². The maximum Gasteiger partial charge on any atom is 0.324 e. The third kappa shape index (κ3) is 3.30. The number of amides is 3. The quantitative estimate of drug-likeness (QED) is 0.909. The van der Waals surface area contributed by atoms with Crippen LogP contribution in [0, 0.1) is 0 Å². The van der Waals surface area contributed by atoms with Crippen molar-refractivity contribution >= 4 is 39.2 Å². The lowest BCUT2D eigenvalue weighted by Crippen LogP contribution is -2.40. The molecule has 1 aliphatic heterocycles. The van der Waals surface area contributed by atoms with E-state index in [1.165, 1.54) is 9.78 Å². The molecule has 0 radical (unpaired) electrons. The number of carbonyl (C=O) groups is 2. The zero-order chi connectivity index (χ0) is 13.1. The summed E-state index contributed by atoms with van der Waals surface area (Å²) in [4.78, 5) is 27.6. The Morgan fingerprint density at radius 2 is 2.44 bits per heavy atom. The molecule has 0 bridgehead atoms. The fraction of sp³-hybridized carbons (Fsp3) is 0.455. The number of rotatable bonds is 4. The molecule has 1 aromatic heterocycles. The highest BCUT2D eigenvalue weighted by Crippen LogP contribution is 2.20. The first-order chi connectivity index (χ1) is 8.56. The van der Waals surface area contributed by atoms with Crippen molar-refractivity contribution < 1.29 is 9.59 Å². The molecule has 0 aromatic carbocycles. The maximum absolute atomic E-state index is 11.9. The predicted octanol–water partition coefficient (Wildman–Crippen LogP) is 1.49. The first-order valence-electron chi connectivity index (χ1n) is 5.56. The van der Waals surface area contributed by atoms with Crippen LogP contribution in [-0.4, -0.2) is 48.4 Å². The molecule has 1 fully saturated rings. The van der Waals surface area contributed by atoms with Crippen molar-refractivity contribution in [2.45, 2.75) is 6.54 Å². The number of halogens is 1.